The molecule has 6 heteroatoms. The number of anilines is 1. The molecule has 1 aromatic carbocycles. The van der Waals surface area contributed by atoms with E-state index in [-0.39, 0.29) is 16.0 Å². The summed E-state index contributed by atoms with van der Waals surface area (Å²) in [6.45, 7) is 7.43. The Morgan fingerprint density at radius 3 is 2.53 bits per heavy atom. The van der Waals surface area contributed by atoms with Crippen molar-refractivity contribution in [2.45, 2.75) is 13.8 Å². The van der Waals surface area contributed by atoms with Gasteiger partial charge in [0.1, 0.15) is 0 Å². The molecule has 0 spiro atoms. The molecule has 0 aromatic heterocycles. The Morgan fingerprint density at radius 2 is 1.95 bits per heavy atom. The van der Waals surface area contributed by atoms with Crippen LogP contribution in [0.15, 0.2) is 12.1 Å². The largest absolute Gasteiger partial charge is 0.399 e. The number of hydrogen-bond donors (Lipinski definition) is 2. The van der Waals surface area contributed by atoms with E-state index in [1.165, 1.54) is 12.1 Å². The normalized spacial score (nSPS) is 10.8. The monoisotopic (exact) mass is 303 g/mol. The molecule has 0 unspecified atom stereocenters. The van der Waals surface area contributed by atoms with Crippen molar-refractivity contribution in [3.63, 3.8) is 0 Å². The van der Waals surface area contributed by atoms with Gasteiger partial charge in [-0.3, -0.25) is 4.79 Å². The van der Waals surface area contributed by atoms with Crippen LogP contribution in [-0.4, -0.2) is 37.0 Å². The molecule has 0 bridgehead atoms. The number of carbonyl (C=O) groups excluding carboxylic acids is 1. The number of hydrogen-bond acceptors (Lipinski definition) is 3. The lowest BCUT2D eigenvalue weighted by atomic mass is 10.2. The van der Waals surface area contributed by atoms with Gasteiger partial charge in [0, 0.05) is 18.8 Å². The molecule has 0 atom stereocenters. The molecule has 0 radical (unpaired) electrons. The number of halogens is 2. The van der Waals surface area contributed by atoms with Crippen molar-refractivity contribution in [1.29, 1.82) is 0 Å². The summed E-state index contributed by atoms with van der Waals surface area (Å²) in [6, 6.07) is 3.05. The van der Waals surface area contributed by atoms with Crippen molar-refractivity contribution in [1.82, 2.24) is 10.2 Å². The molecule has 0 aliphatic carbocycles. The Kier molecular flexibility index (Phi) is 6.42. The minimum atomic E-state index is -0.258. The summed E-state index contributed by atoms with van der Waals surface area (Å²) in [4.78, 5) is 14.2. The lowest BCUT2D eigenvalue weighted by molar-refractivity contribution is 0.0949. The fourth-order valence-electron chi connectivity index (χ4n) is 1.74. The van der Waals surface area contributed by atoms with Crippen LogP contribution < -0.4 is 11.1 Å². The quantitative estimate of drug-likeness (QED) is 0.794. The van der Waals surface area contributed by atoms with E-state index in [0.29, 0.717) is 17.8 Å². The molecule has 4 nitrogen and oxygen atoms in total. The molecule has 0 heterocycles. The zero-order valence-electron chi connectivity index (χ0n) is 11.2. The van der Waals surface area contributed by atoms with Crippen LogP contribution in [0.3, 0.4) is 0 Å². The molecule has 0 aliphatic rings. The Bertz CT molecular complexity index is 448. The molecule has 0 fully saturated rings. The topological polar surface area (TPSA) is 58.4 Å². The SMILES string of the molecule is CCN(CC)CCNC(=O)c1cc(N)cc(Cl)c1Cl. The zero-order valence-corrected chi connectivity index (χ0v) is 12.7. The number of nitrogen functional groups attached to an aromatic ring is 1. The summed E-state index contributed by atoms with van der Waals surface area (Å²) in [5.41, 5.74) is 6.39. The second kappa shape index (κ2) is 7.58. The van der Waals surface area contributed by atoms with Crippen molar-refractivity contribution in [2.24, 2.45) is 0 Å². The second-order valence-electron chi connectivity index (χ2n) is 4.15. The number of nitrogens with zero attached hydrogens (tertiary/aromatic N) is 1. The van der Waals surface area contributed by atoms with E-state index in [1.807, 2.05) is 0 Å². The zero-order chi connectivity index (χ0) is 14.4. The number of carbonyl (C=O) groups is 1. The van der Waals surface area contributed by atoms with Crippen LogP contribution in [0.5, 0.6) is 0 Å². The van der Waals surface area contributed by atoms with Crippen LogP contribution in [0.2, 0.25) is 10.0 Å². The molecule has 1 amide bonds. The Balaban J connectivity index is 2.64. The summed E-state index contributed by atoms with van der Waals surface area (Å²) in [5, 5.41) is 3.33. The predicted octanol–water partition coefficient (Wildman–Crippen LogP) is 2.65. The van der Waals surface area contributed by atoms with Gasteiger partial charge in [-0.05, 0) is 25.2 Å². The minimum Gasteiger partial charge on any atom is -0.399 e. The van der Waals surface area contributed by atoms with Crippen LogP contribution >= 0.6 is 23.2 Å². The number of likely N-dealkylation sites (N-methyl/N-ethyl adjacent to an activating group) is 1. The maximum absolute atomic E-state index is 12.0. The number of nitrogens with one attached hydrogen (secondary N) is 1. The smallest absolute Gasteiger partial charge is 0.252 e. The van der Waals surface area contributed by atoms with Crippen molar-refractivity contribution >= 4 is 34.8 Å². The molecule has 0 saturated carbocycles. The summed E-state index contributed by atoms with van der Waals surface area (Å²) >= 11 is 11.9. The third kappa shape index (κ3) is 4.56. The highest BCUT2D eigenvalue weighted by molar-refractivity contribution is 6.44. The number of benzene rings is 1. The van der Waals surface area contributed by atoms with Crippen molar-refractivity contribution in [3.05, 3.63) is 27.7 Å². The average molecular weight is 304 g/mol. The highest BCUT2D eigenvalue weighted by Gasteiger charge is 2.14. The van der Waals surface area contributed by atoms with E-state index in [0.717, 1.165) is 19.6 Å². The Hall–Kier alpha value is -0.970. The fourth-order valence-corrected chi connectivity index (χ4v) is 2.16. The van der Waals surface area contributed by atoms with E-state index in [9.17, 15) is 4.79 Å². The van der Waals surface area contributed by atoms with E-state index in [4.69, 9.17) is 28.9 Å². The van der Waals surface area contributed by atoms with Crippen LogP contribution in [-0.2, 0) is 0 Å². The third-order valence-corrected chi connectivity index (χ3v) is 3.71. The van der Waals surface area contributed by atoms with Gasteiger partial charge in [0.25, 0.3) is 5.91 Å². The van der Waals surface area contributed by atoms with Gasteiger partial charge >= 0.3 is 0 Å². The number of rotatable bonds is 6. The highest BCUT2D eigenvalue weighted by Crippen LogP contribution is 2.28. The predicted molar refractivity (Wildman–Crippen MR) is 81.0 cm³/mol. The summed E-state index contributed by atoms with van der Waals surface area (Å²) in [7, 11) is 0. The first-order valence-corrected chi connectivity index (χ1v) is 7.00. The fraction of sp³-hybridized carbons (Fsp3) is 0.462. The lowest BCUT2D eigenvalue weighted by Crippen LogP contribution is -2.34. The molecule has 1 rings (SSSR count). The van der Waals surface area contributed by atoms with Crippen molar-refractivity contribution < 1.29 is 4.79 Å². The van der Waals surface area contributed by atoms with Crippen molar-refractivity contribution in [2.75, 3.05) is 31.9 Å². The number of nitrogens with two attached hydrogens (primary N) is 1. The highest BCUT2D eigenvalue weighted by atomic mass is 35.5. The minimum absolute atomic E-state index is 0.233. The third-order valence-electron chi connectivity index (χ3n) is 2.90. The molecular formula is C13H19Cl2N3O. The van der Waals surface area contributed by atoms with E-state index >= 15 is 0 Å². The van der Waals surface area contributed by atoms with Gasteiger partial charge in [-0.25, -0.2) is 0 Å². The summed E-state index contributed by atoms with van der Waals surface area (Å²) < 4.78 is 0. The lowest BCUT2D eigenvalue weighted by Gasteiger charge is -2.18. The van der Waals surface area contributed by atoms with Crippen molar-refractivity contribution in [3.8, 4) is 0 Å². The molecule has 106 valence electrons. The number of amides is 1. The summed E-state index contributed by atoms with van der Waals surface area (Å²) in [5.74, 6) is -0.258. The molecule has 0 saturated heterocycles. The molecule has 0 aliphatic heterocycles. The van der Waals surface area contributed by atoms with Crippen LogP contribution in [0.25, 0.3) is 0 Å². The maximum atomic E-state index is 12.0. The molecule has 19 heavy (non-hydrogen) atoms. The van der Waals surface area contributed by atoms with E-state index in [2.05, 4.69) is 24.1 Å². The molecule has 1 aromatic rings. The van der Waals surface area contributed by atoms with Gasteiger partial charge in [0.15, 0.2) is 0 Å². The maximum Gasteiger partial charge on any atom is 0.252 e. The second-order valence-corrected chi connectivity index (χ2v) is 4.93. The first kappa shape index (κ1) is 16.1. The van der Waals surface area contributed by atoms with Crippen LogP contribution in [0, 0.1) is 0 Å². The van der Waals surface area contributed by atoms with Gasteiger partial charge in [-0.15, -0.1) is 0 Å². The van der Waals surface area contributed by atoms with Crippen LogP contribution in [0.1, 0.15) is 24.2 Å². The summed E-state index contributed by atoms with van der Waals surface area (Å²) in [6.07, 6.45) is 0. The first-order valence-electron chi connectivity index (χ1n) is 6.24. The van der Waals surface area contributed by atoms with Gasteiger partial charge < -0.3 is 16.0 Å². The van der Waals surface area contributed by atoms with E-state index < -0.39 is 0 Å². The van der Waals surface area contributed by atoms with Gasteiger partial charge in [-0.2, -0.15) is 0 Å². The average Bonchev–Trinajstić information content (AvgIpc) is 2.38. The van der Waals surface area contributed by atoms with E-state index in [1.54, 1.807) is 0 Å². The Morgan fingerprint density at radius 1 is 1.32 bits per heavy atom. The van der Waals surface area contributed by atoms with Crippen LogP contribution in [0.4, 0.5) is 5.69 Å². The molecule has 3 N–H and O–H groups in total. The first-order chi connectivity index (χ1) is 8.99. The standard InChI is InChI=1S/C13H19Cl2N3O/c1-3-18(4-2)6-5-17-13(19)10-7-9(16)8-11(14)12(10)15/h7-8H,3-6,16H2,1-2H3,(H,17,19). The van der Waals surface area contributed by atoms with Gasteiger partial charge in [-0.1, -0.05) is 37.0 Å². The molecular weight excluding hydrogens is 285 g/mol. The Labute approximate surface area is 123 Å². The van der Waals surface area contributed by atoms with Gasteiger partial charge in [0.05, 0.1) is 15.6 Å². The van der Waals surface area contributed by atoms with Gasteiger partial charge in [0.2, 0.25) is 0 Å².